The molecule has 2 amide bonds. The lowest BCUT2D eigenvalue weighted by molar-refractivity contribution is -0.778. The Labute approximate surface area is 273 Å². The van der Waals surface area contributed by atoms with Crippen LogP contribution >= 0.6 is 11.3 Å². The lowest BCUT2D eigenvalue weighted by atomic mass is 9.84. The van der Waals surface area contributed by atoms with Crippen LogP contribution in [0.3, 0.4) is 0 Å². The smallest absolute Gasteiger partial charge is 0.276 e. The zero-order valence-electron chi connectivity index (χ0n) is 25.6. The van der Waals surface area contributed by atoms with Crippen LogP contribution in [0.4, 0.5) is 9.52 Å². The van der Waals surface area contributed by atoms with Crippen molar-refractivity contribution in [2.45, 2.75) is 51.1 Å². The van der Waals surface area contributed by atoms with Gasteiger partial charge in [0.2, 0.25) is 23.1 Å². The molecule has 7 N–H and O–H groups in total. The van der Waals surface area contributed by atoms with E-state index in [9.17, 15) is 27.0 Å². The third-order valence-corrected chi connectivity index (χ3v) is 8.03. The number of halogens is 1. The van der Waals surface area contributed by atoms with Crippen molar-refractivity contribution in [2.24, 2.45) is 16.6 Å². The molecule has 1 unspecified atom stereocenters. The highest BCUT2D eigenvalue weighted by atomic mass is 32.3. The molecule has 2 atom stereocenters. The maximum absolute atomic E-state index is 14.0. The molecule has 1 aromatic carbocycles. The SMILES string of the molecule is CC1(C)[C@H](NC(=O)/C(=N\OCCOc2ccc(-c3cn(CCCN)[n+](CC(F)CN)c3)cc2)c2csc(N)n2)C(=O)N1OS(=O)(=O)[O-]. The number of aromatic nitrogens is 3. The highest BCUT2D eigenvalue weighted by molar-refractivity contribution is 7.80. The standard InChI is InChI=1S/C27H36FN9O8S2/c1-27(2)23(25(39)37(27)45-47(40,41)42)33-24(38)22(21-16-46-26(31)32-21)34-44-11-10-43-20-6-4-17(5-7-20)18-13-35(9-3-8-29)36(14-18)15-19(28)12-30/h4-7,13-14,16,19,23H,3,8-12,15,29-30H2,1-2H3,(H3-,31,32,33,38,40,41,42)/b34-22-/t19?,23-/m1/s1. The van der Waals surface area contributed by atoms with Crippen LogP contribution in [-0.4, -0.2) is 89.3 Å². The summed E-state index contributed by atoms with van der Waals surface area (Å²) >= 11 is 1.04. The predicted molar refractivity (Wildman–Crippen MR) is 166 cm³/mol. The fourth-order valence-corrected chi connectivity index (χ4v) is 5.60. The summed E-state index contributed by atoms with van der Waals surface area (Å²) in [5.74, 6) is -1.29. The first kappa shape index (κ1) is 35.6. The first-order valence-corrected chi connectivity index (χ1v) is 16.5. The van der Waals surface area contributed by atoms with Gasteiger partial charge in [-0.2, -0.15) is 14.0 Å². The van der Waals surface area contributed by atoms with Crippen molar-refractivity contribution < 1.29 is 45.5 Å². The average Bonchev–Trinajstić information content (AvgIpc) is 3.64. The van der Waals surface area contributed by atoms with Gasteiger partial charge in [-0.15, -0.1) is 16.0 Å². The van der Waals surface area contributed by atoms with E-state index in [1.807, 2.05) is 29.2 Å². The van der Waals surface area contributed by atoms with E-state index in [0.717, 1.165) is 28.9 Å². The van der Waals surface area contributed by atoms with Crippen molar-refractivity contribution in [1.29, 1.82) is 0 Å². The van der Waals surface area contributed by atoms with Crippen LogP contribution < -0.4 is 31.9 Å². The lowest BCUT2D eigenvalue weighted by Gasteiger charge is -2.51. The van der Waals surface area contributed by atoms with Gasteiger partial charge < -0.3 is 36.6 Å². The summed E-state index contributed by atoms with van der Waals surface area (Å²) in [7, 11) is -5.21. The lowest BCUT2D eigenvalue weighted by Crippen LogP contribution is -2.76. The van der Waals surface area contributed by atoms with Gasteiger partial charge in [0.05, 0.1) is 23.8 Å². The molecular weight excluding hydrogens is 661 g/mol. The Hall–Kier alpha value is -4.21. The van der Waals surface area contributed by atoms with Gasteiger partial charge in [0.15, 0.2) is 23.6 Å². The van der Waals surface area contributed by atoms with Crippen molar-refractivity contribution in [1.82, 2.24) is 20.0 Å². The molecule has 0 saturated carbocycles. The number of benzene rings is 1. The monoisotopic (exact) mass is 697 g/mol. The molecule has 0 radical (unpaired) electrons. The van der Waals surface area contributed by atoms with E-state index in [0.29, 0.717) is 23.9 Å². The summed E-state index contributed by atoms with van der Waals surface area (Å²) in [4.78, 5) is 34.9. The number of nitrogens with two attached hydrogens (primary N) is 3. The highest BCUT2D eigenvalue weighted by Crippen LogP contribution is 2.33. The Bertz CT molecular complexity index is 1700. The van der Waals surface area contributed by atoms with Crippen LogP contribution in [0.1, 0.15) is 26.0 Å². The van der Waals surface area contributed by atoms with Crippen molar-refractivity contribution in [3.05, 3.63) is 47.7 Å². The minimum atomic E-state index is -5.21. The number of nitrogens with zero attached hydrogens (tertiary/aromatic N) is 5. The molecule has 2 aromatic heterocycles. The largest absolute Gasteiger partial charge is 0.724 e. The molecule has 3 heterocycles. The van der Waals surface area contributed by atoms with E-state index in [1.54, 1.807) is 16.8 Å². The molecule has 256 valence electrons. The van der Waals surface area contributed by atoms with Gasteiger partial charge in [-0.25, -0.2) is 17.8 Å². The van der Waals surface area contributed by atoms with Gasteiger partial charge in [0, 0.05) is 11.9 Å². The van der Waals surface area contributed by atoms with Gasteiger partial charge in [0.25, 0.3) is 11.8 Å². The average molecular weight is 698 g/mol. The summed E-state index contributed by atoms with van der Waals surface area (Å²) in [5.41, 5.74) is 17.0. The second-order valence-corrected chi connectivity index (χ2v) is 12.7. The maximum Gasteiger partial charge on any atom is 0.276 e. The Kier molecular flexibility index (Phi) is 11.5. The number of hydroxylamine groups is 2. The van der Waals surface area contributed by atoms with Crippen LogP contribution in [0.25, 0.3) is 11.1 Å². The number of alkyl halides is 1. The maximum atomic E-state index is 14.0. The van der Waals surface area contributed by atoms with Crippen LogP contribution in [-0.2, 0) is 42.2 Å². The number of carbonyl (C=O) groups excluding carboxylic acids is 2. The molecule has 0 spiro atoms. The number of anilines is 1. The number of rotatable bonds is 17. The quantitative estimate of drug-likeness (QED) is 0.0263. The van der Waals surface area contributed by atoms with E-state index < -0.39 is 40.0 Å². The third kappa shape index (κ3) is 8.99. The number of nitrogens with one attached hydrogen (secondary N) is 1. The molecule has 3 aromatic rings. The topological polar surface area (TPSA) is 246 Å². The third-order valence-electron chi connectivity index (χ3n) is 7.02. The number of hydrogen-bond donors (Lipinski definition) is 4. The van der Waals surface area contributed by atoms with E-state index in [2.05, 4.69) is 19.7 Å². The summed E-state index contributed by atoms with van der Waals surface area (Å²) < 4.78 is 60.5. The molecule has 0 bridgehead atoms. The minimum Gasteiger partial charge on any atom is -0.724 e. The van der Waals surface area contributed by atoms with Crippen molar-refractivity contribution in [3.8, 4) is 16.9 Å². The van der Waals surface area contributed by atoms with E-state index in [1.165, 1.54) is 19.2 Å². The molecule has 1 aliphatic rings. The van der Waals surface area contributed by atoms with Gasteiger partial charge in [-0.3, -0.25) is 9.59 Å². The molecule has 0 aliphatic carbocycles. The minimum absolute atomic E-state index is 0.0491. The first-order chi connectivity index (χ1) is 22.2. The second kappa shape index (κ2) is 15.1. The summed E-state index contributed by atoms with van der Waals surface area (Å²) in [6.07, 6.45) is 3.34. The number of β-lactam (4-membered cyclic amide) rings is 1. The van der Waals surface area contributed by atoms with Gasteiger partial charge in [-0.1, -0.05) is 17.3 Å². The van der Waals surface area contributed by atoms with Crippen molar-refractivity contribution in [3.63, 3.8) is 0 Å². The van der Waals surface area contributed by atoms with Crippen molar-refractivity contribution >= 4 is 44.4 Å². The second-order valence-electron chi connectivity index (χ2n) is 10.9. The number of carbonyl (C=O) groups is 2. The van der Waals surface area contributed by atoms with Gasteiger partial charge >= 0.3 is 0 Å². The number of oxime groups is 1. The Balaban J connectivity index is 1.35. The highest BCUT2D eigenvalue weighted by Gasteiger charge is 2.57. The summed E-state index contributed by atoms with van der Waals surface area (Å²) in [6.45, 7) is 3.95. The molecule has 47 heavy (non-hydrogen) atoms. The van der Waals surface area contributed by atoms with Crippen LogP contribution in [0, 0.1) is 0 Å². The van der Waals surface area contributed by atoms with Gasteiger partial charge in [0.1, 0.15) is 24.1 Å². The fourth-order valence-electron chi connectivity index (χ4n) is 4.60. The molecule has 20 heteroatoms. The number of aryl methyl sites for hydroxylation is 1. The molecule has 1 fully saturated rings. The Morgan fingerprint density at radius 2 is 1.98 bits per heavy atom. The molecule has 1 saturated heterocycles. The van der Waals surface area contributed by atoms with E-state index in [-0.39, 0.29) is 42.8 Å². The summed E-state index contributed by atoms with van der Waals surface area (Å²) in [5, 5.41) is 8.30. The summed E-state index contributed by atoms with van der Waals surface area (Å²) in [6, 6.07) is 5.99. The zero-order chi connectivity index (χ0) is 34.4. The van der Waals surface area contributed by atoms with E-state index >= 15 is 0 Å². The molecular formula is C27H36FN9O8S2. The van der Waals surface area contributed by atoms with Crippen LogP contribution in [0.15, 0.2) is 47.2 Å². The molecule has 1 aliphatic heterocycles. The molecule has 4 rings (SSSR count). The molecule has 17 nitrogen and oxygen atoms in total. The van der Waals surface area contributed by atoms with E-state index in [4.69, 9.17) is 26.8 Å². The number of hydrogen-bond acceptors (Lipinski definition) is 14. The fraction of sp³-hybridized carbons (Fsp3) is 0.444. The van der Waals surface area contributed by atoms with Crippen LogP contribution in [0.2, 0.25) is 0 Å². The normalized spacial score (nSPS) is 16.9. The number of nitrogen functional groups attached to an aromatic ring is 1. The zero-order valence-corrected chi connectivity index (χ0v) is 27.2. The van der Waals surface area contributed by atoms with Crippen LogP contribution in [0.5, 0.6) is 5.75 Å². The first-order valence-electron chi connectivity index (χ1n) is 14.3. The predicted octanol–water partition coefficient (Wildman–Crippen LogP) is -0.576. The Morgan fingerprint density at radius 1 is 1.26 bits per heavy atom. The van der Waals surface area contributed by atoms with Crippen molar-refractivity contribution in [2.75, 3.05) is 32.0 Å². The Morgan fingerprint density at radius 3 is 2.57 bits per heavy atom. The number of amides is 2. The number of thiazole rings is 1. The van der Waals surface area contributed by atoms with Gasteiger partial charge in [-0.05, 0) is 44.5 Å². The number of ether oxygens (including phenoxy) is 1.